The Labute approximate surface area is 160 Å². The van der Waals surface area contributed by atoms with E-state index < -0.39 is 0 Å². The number of rotatable bonds is 6. The standard InChI is InChI=1S/C19H31N5O3/c1-15(2)5-9-24-10-7-19(8-11-24)6-4-16(27-19)12-20-18(25)23(3)13-17-21-14-26-22-17/h5,14,16H,4,6-13H2,1-3H3,(H,20,25)/t16-/m1/s1. The van der Waals surface area contributed by atoms with Crippen molar-refractivity contribution in [2.24, 2.45) is 0 Å². The minimum Gasteiger partial charge on any atom is -0.370 e. The molecule has 2 aliphatic rings. The molecule has 3 rings (SSSR count). The van der Waals surface area contributed by atoms with E-state index in [2.05, 4.69) is 44.8 Å². The maximum absolute atomic E-state index is 12.2. The second-order valence-corrected chi connectivity index (χ2v) is 7.93. The molecule has 1 aromatic rings. The monoisotopic (exact) mass is 377 g/mol. The normalized spacial score (nSPS) is 22.0. The lowest BCUT2D eigenvalue weighted by molar-refractivity contribution is -0.0740. The van der Waals surface area contributed by atoms with Crippen LogP contribution in [-0.4, -0.2) is 70.9 Å². The minimum absolute atomic E-state index is 0.00734. The van der Waals surface area contributed by atoms with Gasteiger partial charge < -0.3 is 19.5 Å². The summed E-state index contributed by atoms with van der Waals surface area (Å²) in [5, 5.41) is 6.68. The number of aromatic nitrogens is 2. The molecular formula is C19H31N5O3. The van der Waals surface area contributed by atoms with Crippen LogP contribution in [0.2, 0.25) is 0 Å². The highest BCUT2D eigenvalue weighted by Gasteiger charge is 2.42. The van der Waals surface area contributed by atoms with Crippen molar-refractivity contribution in [1.29, 1.82) is 0 Å². The van der Waals surface area contributed by atoms with Crippen LogP contribution in [0.15, 0.2) is 22.6 Å². The van der Waals surface area contributed by atoms with E-state index in [4.69, 9.17) is 4.74 Å². The molecule has 8 heteroatoms. The van der Waals surface area contributed by atoms with E-state index in [0.717, 1.165) is 45.3 Å². The zero-order valence-electron chi connectivity index (χ0n) is 16.6. The van der Waals surface area contributed by atoms with Crippen LogP contribution in [-0.2, 0) is 11.3 Å². The second-order valence-electron chi connectivity index (χ2n) is 7.93. The molecule has 27 heavy (non-hydrogen) atoms. The van der Waals surface area contributed by atoms with Gasteiger partial charge in [0, 0.05) is 33.2 Å². The average Bonchev–Trinajstić information content (AvgIpc) is 3.29. The van der Waals surface area contributed by atoms with Gasteiger partial charge in [-0.25, -0.2) is 4.79 Å². The molecule has 1 spiro atoms. The molecule has 2 aliphatic heterocycles. The van der Waals surface area contributed by atoms with E-state index in [1.165, 1.54) is 16.9 Å². The van der Waals surface area contributed by atoms with Crippen LogP contribution >= 0.6 is 0 Å². The van der Waals surface area contributed by atoms with Crippen molar-refractivity contribution in [3.63, 3.8) is 0 Å². The van der Waals surface area contributed by atoms with Crippen molar-refractivity contribution in [3.8, 4) is 0 Å². The second kappa shape index (κ2) is 8.84. The predicted molar refractivity (Wildman–Crippen MR) is 101 cm³/mol. The molecule has 3 heterocycles. The van der Waals surface area contributed by atoms with Crippen molar-refractivity contribution in [1.82, 2.24) is 25.3 Å². The van der Waals surface area contributed by atoms with Crippen molar-refractivity contribution < 1.29 is 14.1 Å². The SMILES string of the molecule is CC(C)=CCN1CCC2(CC[C@H](CNC(=O)N(C)Cc3ncon3)O2)CC1. The van der Waals surface area contributed by atoms with Gasteiger partial charge in [0.05, 0.1) is 18.2 Å². The number of urea groups is 1. The molecule has 1 N–H and O–H groups in total. The Morgan fingerprint density at radius 3 is 2.85 bits per heavy atom. The van der Waals surface area contributed by atoms with Gasteiger partial charge in [-0.2, -0.15) is 4.98 Å². The highest BCUT2D eigenvalue weighted by atomic mass is 16.5. The number of nitrogens with zero attached hydrogens (tertiary/aromatic N) is 4. The van der Waals surface area contributed by atoms with Gasteiger partial charge in [-0.1, -0.05) is 16.8 Å². The number of carbonyl (C=O) groups is 1. The molecule has 0 aromatic carbocycles. The number of nitrogens with one attached hydrogen (secondary N) is 1. The fraction of sp³-hybridized carbons (Fsp3) is 0.737. The van der Waals surface area contributed by atoms with Crippen LogP contribution in [0, 0.1) is 0 Å². The average molecular weight is 377 g/mol. The third-order valence-electron chi connectivity index (χ3n) is 5.48. The van der Waals surface area contributed by atoms with Crippen LogP contribution < -0.4 is 5.32 Å². The molecule has 1 atom stereocenters. The number of piperidine rings is 1. The van der Waals surface area contributed by atoms with Crippen molar-refractivity contribution in [2.75, 3.05) is 33.2 Å². The molecular weight excluding hydrogens is 346 g/mol. The van der Waals surface area contributed by atoms with Gasteiger partial charge in [-0.05, 0) is 39.5 Å². The molecule has 0 aliphatic carbocycles. The summed E-state index contributed by atoms with van der Waals surface area (Å²) in [5.74, 6) is 0.489. The van der Waals surface area contributed by atoms with E-state index >= 15 is 0 Å². The molecule has 0 radical (unpaired) electrons. The zero-order valence-corrected chi connectivity index (χ0v) is 16.6. The Morgan fingerprint density at radius 2 is 2.19 bits per heavy atom. The van der Waals surface area contributed by atoms with Gasteiger partial charge >= 0.3 is 6.03 Å². The first-order valence-electron chi connectivity index (χ1n) is 9.73. The summed E-state index contributed by atoms with van der Waals surface area (Å²) in [6, 6.07) is -0.152. The third kappa shape index (κ3) is 5.52. The van der Waals surface area contributed by atoms with Crippen LogP contribution in [0.3, 0.4) is 0 Å². The summed E-state index contributed by atoms with van der Waals surface area (Å²) in [6.07, 6.45) is 7.88. The fourth-order valence-corrected chi connectivity index (χ4v) is 3.74. The molecule has 0 unspecified atom stereocenters. The maximum atomic E-state index is 12.2. The quantitative estimate of drug-likeness (QED) is 0.765. The molecule has 2 fully saturated rings. The Bertz CT molecular complexity index is 634. The van der Waals surface area contributed by atoms with Gasteiger partial charge in [0.2, 0.25) is 6.39 Å². The van der Waals surface area contributed by atoms with Gasteiger partial charge in [-0.15, -0.1) is 0 Å². The first kappa shape index (κ1) is 19.8. The number of hydrogen-bond donors (Lipinski definition) is 1. The lowest BCUT2D eigenvalue weighted by Crippen LogP contribution is -2.45. The van der Waals surface area contributed by atoms with Crippen LogP contribution in [0.25, 0.3) is 0 Å². The van der Waals surface area contributed by atoms with Gasteiger partial charge in [0.15, 0.2) is 5.82 Å². The lowest BCUT2D eigenvalue weighted by Gasteiger charge is -2.39. The van der Waals surface area contributed by atoms with E-state index in [-0.39, 0.29) is 17.7 Å². The Morgan fingerprint density at radius 1 is 1.41 bits per heavy atom. The predicted octanol–water partition coefficient (Wildman–Crippen LogP) is 2.19. The number of ether oxygens (including phenoxy) is 1. The van der Waals surface area contributed by atoms with Crippen LogP contribution in [0.5, 0.6) is 0 Å². The third-order valence-corrected chi connectivity index (χ3v) is 5.48. The molecule has 2 amide bonds. The molecule has 2 saturated heterocycles. The molecule has 1 aromatic heterocycles. The zero-order chi connectivity index (χ0) is 19.3. The topological polar surface area (TPSA) is 83.7 Å². The van der Waals surface area contributed by atoms with E-state index in [9.17, 15) is 4.79 Å². The maximum Gasteiger partial charge on any atom is 0.317 e. The lowest BCUT2D eigenvalue weighted by atomic mass is 9.88. The summed E-state index contributed by atoms with van der Waals surface area (Å²) in [7, 11) is 1.71. The molecule has 8 nitrogen and oxygen atoms in total. The molecule has 150 valence electrons. The first-order chi connectivity index (χ1) is 13.0. The molecule has 0 saturated carbocycles. The first-order valence-corrected chi connectivity index (χ1v) is 9.73. The fourth-order valence-electron chi connectivity index (χ4n) is 3.74. The Hall–Kier alpha value is -1.93. The highest BCUT2D eigenvalue weighted by molar-refractivity contribution is 5.73. The van der Waals surface area contributed by atoms with Crippen LogP contribution in [0.4, 0.5) is 4.79 Å². The Kier molecular flexibility index (Phi) is 6.49. The summed E-state index contributed by atoms with van der Waals surface area (Å²) in [5.41, 5.74) is 1.38. The number of hydrogen-bond acceptors (Lipinski definition) is 6. The number of likely N-dealkylation sites (tertiary alicyclic amines) is 1. The summed E-state index contributed by atoms with van der Waals surface area (Å²) >= 11 is 0. The minimum atomic E-state index is -0.152. The largest absolute Gasteiger partial charge is 0.370 e. The van der Waals surface area contributed by atoms with Crippen molar-refractivity contribution in [3.05, 3.63) is 23.9 Å². The summed E-state index contributed by atoms with van der Waals surface area (Å²) in [4.78, 5) is 20.2. The van der Waals surface area contributed by atoms with Crippen molar-refractivity contribution in [2.45, 2.75) is 57.8 Å². The van der Waals surface area contributed by atoms with E-state index in [0.29, 0.717) is 18.9 Å². The van der Waals surface area contributed by atoms with Gasteiger partial charge in [0.25, 0.3) is 0 Å². The van der Waals surface area contributed by atoms with E-state index in [1.54, 1.807) is 7.05 Å². The van der Waals surface area contributed by atoms with E-state index in [1.807, 2.05) is 0 Å². The number of carbonyl (C=O) groups excluding carboxylic acids is 1. The van der Waals surface area contributed by atoms with Gasteiger partial charge in [0.1, 0.15) is 0 Å². The number of amides is 2. The summed E-state index contributed by atoms with van der Waals surface area (Å²) < 4.78 is 11.1. The van der Waals surface area contributed by atoms with Gasteiger partial charge in [-0.3, -0.25) is 4.90 Å². The van der Waals surface area contributed by atoms with Crippen molar-refractivity contribution >= 4 is 6.03 Å². The number of allylic oxidation sites excluding steroid dienone is 1. The smallest absolute Gasteiger partial charge is 0.317 e. The van der Waals surface area contributed by atoms with Crippen LogP contribution in [0.1, 0.15) is 45.4 Å². The Balaban J connectivity index is 1.38. The molecule has 0 bridgehead atoms. The highest BCUT2D eigenvalue weighted by Crippen LogP contribution is 2.38. The summed E-state index contributed by atoms with van der Waals surface area (Å²) in [6.45, 7) is 8.34.